The lowest BCUT2D eigenvalue weighted by atomic mass is 10.0. The normalized spacial score (nSPS) is 10.6. The summed E-state index contributed by atoms with van der Waals surface area (Å²) >= 11 is 0. The number of carbonyl (C=O) groups is 1. The number of nitrogens with one attached hydrogen (secondary N) is 1. The monoisotopic (exact) mass is 369 g/mol. The summed E-state index contributed by atoms with van der Waals surface area (Å²) in [5.74, 6) is 0.455. The molecular weight excluding hydrogens is 350 g/mol. The fourth-order valence-electron chi connectivity index (χ4n) is 3.07. The van der Waals surface area contributed by atoms with Crippen LogP contribution >= 0.6 is 0 Å². The van der Waals surface area contributed by atoms with Crippen LogP contribution in [0.4, 0.5) is 5.69 Å². The maximum Gasteiger partial charge on any atom is 0.322 e. The van der Waals surface area contributed by atoms with Crippen LogP contribution in [-0.4, -0.2) is 15.9 Å². The van der Waals surface area contributed by atoms with Crippen molar-refractivity contribution in [1.29, 1.82) is 0 Å². The first-order valence-corrected chi connectivity index (χ1v) is 8.98. The number of amides is 1. The lowest BCUT2D eigenvalue weighted by molar-refractivity contribution is 0.102. The van der Waals surface area contributed by atoms with Gasteiger partial charge in [0.25, 0.3) is 5.91 Å². The average Bonchev–Trinajstić information content (AvgIpc) is 2.68. The molecule has 0 radical (unpaired) electrons. The third-order valence-corrected chi connectivity index (χ3v) is 4.32. The van der Waals surface area contributed by atoms with Gasteiger partial charge in [-0.1, -0.05) is 36.4 Å². The van der Waals surface area contributed by atoms with Crippen LogP contribution in [0, 0.1) is 13.8 Å². The Bertz CT molecular complexity index is 1130. The Morgan fingerprint density at radius 3 is 2.29 bits per heavy atom. The number of hydrogen-bond donors (Lipinski definition) is 1. The minimum atomic E-state index is -0.150. The minimum Gasteiger partial charge on any atom is -0.424 e. The van der Waals surface area contributed by atoms with Gasteiger partial charge in [-0.25, -0.2) is 9.97 Å². The smallest absolute Gasteiger partial charge is 0.322 e. The Morgan fingerprint density at radius 2 is 1.54 bits per heavy atom. The fraction of sp³-hybridized carbons (Fsp3) is 0.0870. The van der Waals surface area contributed by atoms with E-state index in [0.29, 0.717) is 23.0 Å². The number of hydrogen-bond acceptors (Lipinski definition) is 4. The van der Waals surface area contributed by atoms with Gasteiger partial charge in [-0.3, -0.25) is 4.79 Å². The fourth-order valence-corrected chi connectivity index (χ4v) is 3.07. The molecular formula is C23H19N3O2. The van der Waals surface area contributed by atoms with Crippen molar-refractivity contribution in [2.75, 3.05) is 5.32 Å². The number of rotatable bonds is 4. The molecule has 5 heteroatoms. The van der Waals surface area contributed by atoms with E-state index in [0.717, 1.165) is 22.2 Å². The van der Waals surface area contributed by atoms with Gasteiger partial charge in [0, 0.05) is 22.6 Å². The Balaban J connectivity index is 1.50. The first-order valence-electron chi connectivity index (χ1n) is 8.98. The number of aromatic nitrogens is 2. The van der Waals surface area contributed by atoms with Crippen molar-refractivity contribution in [2.24, 2.45) is 0 Å². The van der Waals surface area contributed by atoms with E-state index >= 15 is 0 Å². The van der Waals surface area contributed by atoms with Crippen LogP contribution in [0.2, 0.25) is 0 Å². The van der Waals surface area contributed by atoms with E-state index in [2.05, 4.69) is 15.3 Å². The quantitative estimate of drug-likeness (QED) is 0.531. The van der Waals surface area contributed by atoms with E-state index in [-0.39, 0.29) is 5.91 Å². The molecule has 0 unspecified atom stereocenters. The molecule has 138 valence electrons. The lowest BCUT2D eigenvalue weighted by Crippen LogP contribution is -2.12. The third kappa shape index (κ3) is 3.83. The summed E-state index contributed by atoms with van der Waals surface area (Å²) in [7, 11) is 0. The molecule has 1 N–H and O–H groups in total. The molecule has 0 spiro atoms. The molecule has 5 nitrogen and oxygen atoms in total. The molecule has 3 aromatic carbocycles. The Hall–Kier alpha value is -3.73. The van der Waals surface area contributed by atoms with Gasteiger partial charge >= 0.3 is 6.01 Å². The summed E-state index contributed by atoms with van der Waals surface area (Å²) in [4.78, 5) is 21.2. The van der Waals surface area contributed by atoms with Crippen molar-refractivity contribution in [2.45, 2.75) is 13.8 Å². The predicted octanol–water partition coefficient (Wildman–Crippen LogP) is 5.29. The van der Waals surface area contributed by atoms with E-state index in [1.807, 2.05) is 62.4 Å². The van der Waals surface area contributed by atoms with E-state index in [9.17, 15) is 4.79 Å². The van der Waals surface area contributed by atoms with Gasteiger partial charge in [0.15, 0.2) is 0 Å². The van der Waals surface area contributed by atoms with Gasteiger partial charge in [0.1, 0.15) is 5.75 Å². The van der Waals surface area contributed by atoms with Crippen LogP contribution < -0.4 is 10.1 Å². The number of benzene rings is 3. The number of aryl methyl sites for hydroxylation is 2. The molecule has 28 heavy (non-hydrogen) atoms. The van der Waals surface area contributed by atoms with Crippen LogP contribution in [0.15, 0.2) is 72.8 Å². The van der Waals surface area contributed by atoms with Crippen LogP contribution in [0.5, 0.6) is 11.8 Å². The SMILES string of the molecule is Cc1cc(C)nc(Oc2ccc(NC(=O)c3cccc4ccccc34)cc2)n1. The largest absolute Gasteiger partial charge is 0.424 e. The zero-order chi connectivity index (χ0) is 19.5. The average molecular weight is 369 g/mol. The van der Waals surface area contributed by atoms with Gasteiger partial charge in [0.2, 0.25) is 0 Å². The summed E-state index contributed by atoms with van der Waals surface area (Å²) in [6.07, 6.45) is 0. The molecule has 1 aromatic heterocycles. The summed E-state index contributed by atoms with van der Waals surface area (Å²) in [6.45, 7) is 3.79. The molecule has 0 fully saturated rings. The number of anilines is 1. The molecule has 0 bridgehead atoms. The van der Waals surface area contributed by atoms with Crippen molar-refractivity contribution in [3.8, 4) is 11.8 Å². The Labute approximate surface area is 163 Å². The van der Waals surface area contributed by atoms with Crippen LogP contribution in [0.3, 0.4) is 0 Å². The van der Waals surface area contributed by atoms with E-state index in [4.69, 9.17) is 4.74 Å². The molecule has 0 saturated heterocycles. The van der Waals surface area contributed by atoms with Gasteiger partial charge in [0.05, 0.1) is 0 Å². The molecule has 0 saturated carbocycles. The summed E-state index contributed by atoms with van der Waals surface area (Å²) in [5.41, 5.74) is 3.02. The van der Waals surface area contributed by atoms with E-state index in [1.165, 1.54) is 0 Å². The third-order valence-electron chi connectivity index (χ3n) is 4.32. The summed E-state index contributed by atoms with van der Waals surface area (Å²) in [5, 5.41) is 4.89. The number of ether oxygens (including phenoxy) is 1. The van der Waals surface area contributed by atoms with Crippen LogP contribution in [-0.2, 0) is 0 Å². The Morgan fingerprint density at radius 1 is 0.857 bits per heavy atom. The van der Waals surface area contributed by atoms with Crippen molar-refractivity contribution >= 4 is 22.4 Å². The highest BCUT2D eigenvalue weighted by Gasteiger charge is 2.10. The molecule has 0 aliphatic heterocycles. The van der Waals surface area contributed by atoms with Gasteiger partial charge in [-0.2, -0.15) is 0 Å². The molecule has 4 rings (SSSR count). The summed E-state index contributed by atoms with van der Waals surface area (Å²) in [6, 6.07) is 22.9. The van der Waals surface area contributed by atoms with Gasteiger partial charge < -0.3 is 10.1 Å². The van der Waals surface area contributed by atoms with Crippen molar-refractivity contribution in [1.82, 2.24) is 9.97 Å². The molecule has 0 aliphatic carbocycles. The lowest BCUT2D eigenvalue weighted by Gasteiger charge is -2.09. The molecule has 0 aliphatic rings. The van der Waals surface area contributed by atoms with E-state index < -0.39 is 0 Å². The van der Waals surface area contributed by atoms with E-state index in [1.54, 1.807) is 24.3 Å². The zero-order valence-electron chi connectivity index (χ0n) is 15.6. The number of fused-ring (bicyclic) bond motifs is 1. The first kappa shape index (κ1) is 17.7. The molecule has 0 atom stereocenters. The molecule has 1 amide bonds. The van der Waals surface area contributed by atoms with Crippen molar-refractivity contribution in [3.63, 3.8) is 0 Å². The second kappa shape index (κ2) is 7.48. The van der Waals surface area contributed by atoms with Gasteiger partial charge in [-0.15, -0.1) is 0 Å². The maximum absolute atomic E-state index is 12.7. The van der Waals surface area contributed by atoms with Crippen LogP contribution in [0.25, 0.3) is 10.8 Å². The van der Waals surface area contributed by atoms with Gasteiger partial charge in [-0.05, 0) is 61.0 Å². The standard InChI is InChI=1S/C23H19N3O2/c1-15-14-16(2)25-23(24-15)28-19-12-10-18(11-13-19)26-22(27)21-9-5-7-17-6-3-4-8-20(17)21/h3-14H,1-2H3,(H,26,27). The minimum absolute atomic E-state index is 0.150. The molecule has 1 heterocycles. The zero-order valence-corrected chi connectivity index (χ0v) is 15.6. The number of carbonyl (C=O) groups excluding carboxylic acids is 1. The van der Waals surface area contributed by atoms with Crippen LogP contribution in [0.1, 0.15) is 21.7 Å². The second-order valence-electron chi connectivity index (χ2n) is 6.54. The second-order valence-corrected chi connectivity index (χ2v) is 6.54. The predicted molar refractivity (Wildman–Crippen MR) is 110 cm³/mol. The number of nitrogens with zero attached hydrogens (tertiary/aromatic N) is 2. The topological polar surface area (TPSA) is 64.1 Å². The highest BCUT2D eigenvalue weighted by Crippen LogP contribution is 2.23. The highest BCUT2D eigenvalue weighted by atomic mass is 16.5. The molecule has 4 aromatic rings. The summed E-state index contributed by atoms with van der Waals surface area (Å²) < 4.78 is 5.71. The highest BCUT2D eigenvalue weighted by molar-refractivity contribution is 6.12. The first-order chi connectivity index (χ1) is 13.6. The maximum atomic E-state index is 12.7. The van der Waals surface area contributed by atoms with Crippen molar-refractivity contribution < 1.29 is 9.53 Å². The Kier molecular flexibility index (Phi) is 4.72. The van der Waals surface area contributed by atoms with Crippen molar-refractivity contribution in [3.05, 3.63) is 89.7 Å².